The van der Waals surface area contributed by atoms with Crippen molar-refractivity contribution in [2.24, 2.45) is 5.73 Å². The third kappa shape index (κ3) is 8.68. The molecule has 174 valence electrons. The molecule has 2 rings (SSSR count). The van der Waals surface area contributed by atoms with Crippen LogP contribution in [0.5, 0.6) is 11.5 Å². The SMILES string of the molecule is CCOP(=O)(OCC)OCCCCOc1cccc(C(=O)Oc2ccc(C(N)=S)cc2)c1. The van der Waals surface area contributed by atoms with Crippen LogP contribution in [0.3, 0.4) is 0 Å². The van der Waals surface area contributed by atoms with E-state index in [0.717, 1.165) is 0 Å². The molecule has 0 heterocycles. The van der Waals surface area contributed by atoms with Crippen LogP contribution in [0.2, 0.25) is 0 Å². The monoisotopic (exact) mass is 481 g/mol. The summed E-state index contributed by atoms with van der Waals surface area (Å²) in [5.74, 6) is 0.422. The number of rotatable bonds is 14. The topological polar surface area (TPSA) is 106 Å². The Bertz CT molecular complexity index is 926. The summed E-state index contributed by atoms with van der Waals surface area (Å²) in [5.41, 5.74) is 6.62. The van der Waals surface area contributed by atoms with E-state index < -0.39 is 13.8 Å². The highest BCUT2D eigenvalue weighted by Gasteiger charge is 2.24. The number of hydrogen-bond donors (Lipinski definition) is 1. The van der Waals surface area contributed by atoms with Gasteiger partial charge in [0, 0.05) is 5.56 Å². The van der Waals surface area contributed by atoms with Gasteiger partial charge in [0.2, 0.25) is 0 Å². The molecule has 0 saturated heterocycles. The van der Waals surface area contributed by atoms with Crippen molar-refractivity contribution in [2.75, 3.05) is 26.4 Å². The molecule has 0 aliphatic heterocycles. The fourth-order valence-corrected chi connectivity index (χ4v) is 3.91. The van der Waals surface area contributed by atoms with Crippen LogP contribution in [0, 0.1) is 0 Å². The number of ether oxygens (including phenoxy) is 2. The molecule has 0 radical (unpaired) electrons. The zero-order chi connectivity index (χ0) is 23.4. The van der Waals surface area contributed by atoms with Gasteiger partial charge in [0.25, 0.3) is 0 Å². The highest BCUT2D eigenvalue weighted by molar-refractivity contribution is 7.80. The van der Waals surface area contributed by atoms with Crippen molar-refractivity contribution in [2.45, 2.75) is 26.7 Å². The summed E-state index contributed by atoms with van der Waals surface area (Å²) in [6, 6.07) is 13.4. The Morgan fingerprint density at radius 2 is 1.56 bits per heavy atom. The van der Waals surface area contributed by atoms with Crippen LogP contribution in [0.4, 0.5) is 0 Å². The lowest BCUT2D eigenvalue weighted by Crippen LogP contribution is -2.11. The number of hydrogen-bond acceptors (Lipinski definition) is 8. The Balaban J connectivity index is 1.78. The maximum Gasteiger partial charge on any atom is 0.474 e. The molecule has 0 spiro atoms. The van der Waals surface area contributed by atoms with E-state index in [1.165, 1.54) is 0 Å². The van der Waals surface area contributed by atoms with E-state index in [9.17, 15) is 9.36 Å². The van der Waals surface area contributed by atoms with Crippen molar-refractivity contribution in [3.63, 3.8) is 0 Å². The van der Waals surface area contributed by atoms with Gasteiger partial charge in [-0.3, -0.25) is 13.6 Å². The standard InChI is InChI=1S/C22H28NO7PS/c1-3-27-31(25,28-4-2)29-15-6-5-14-26-20-9-7-8-18(16-20)22(24)30-19-12-10-17(11-13-19)21(23)32/h7-13,16H,3-6,14-15H2,1-2H3,(H2,23,32). The van der Waals surface area contributed by atoms with Crippen molar-refractivity contribution in [1.29, 1.82) is 0 Å². The maximum absolute atomic E-state index is 12.4. The van der Waals surface area contributed by atoms with Crippen LogP contribution in [0.25, 0.3) is 0 Å². The van der Waals surface area contributed by atoms with Gasteiger partial charge in [-0.15, -0.1) is 0 Å². The van der Waals surface area contributed by atoms with Crippen LogP contribution in [-0.4, -0.2) is 37.4 Å². The molecule has 0 atom stereocenters. The lowest BCUT2D eigenvalue weighted by atomic mass is 10.2. The summed E-state index contributed by atoms with van der Waals surface area (Å²) in [4.78, 5) is 12.7. The van der Waals surface area contributed by atoms with Crippen molar-refractivity contribution in [3.05, 3.63) is 59.7 Å². The predicted octanol–water partition coefficient (Wildman–Crippen LogP) is 4.90. The Morgan fingerprint density at radius 1 is 0.906 bits per heavy atom. The Morgan fingerprint density at radius 3 is 2.19 bits per heavy atom. The third-order valence-corrected chi connectivity index (χ3v) is 5.93. The molecule has 2 aromatic carbocycles. The molecular weight excluding hydrogens is 453 g/mol. The number of phosphoric ester groups is 1. The second-order valence-corrected chi connectivity index (χ2v) is 8.59. The van der Waals surface area contributed by atoms with Crippen LogP contribution in [0.1, 0.15) is 42.6 Å². The van der Waals surface area contributed by atoms with E-state index in [1.54, 1.807) is 62.4 Å². The molecule has 0 saturated carbocycles. The number of carbonyl (C=O) groups is 1. The van der Waals surface area contributed by atoms with Crippen molar-refractivity contribution >= 4 is 31.0 Å². The first kappa shape index (κ1) is 26.0. The average Bonchev–Trinajstić information content (AvgIpc) is 2.77. The number of benzene rings is 2. The highest BCUT2D eigenvalue weighted by atomic mass is 32.1. The molecule has 10 heteroatoms. The lowest BCUT2D eigenvalue weighted by Gasteiger charge is -2.16. The van der Waals surface area contributed by atoms with Crippen LogP contribution in [0.15, 0.2) is 48.5 Å². The maximum atomic E-state index is 12.4. The Hall–Kier alpha value is -2.29. The number of phosphoric acid groups is 1. The minimum atomic E-state index is -3.49. The smallest absolute Gasteiger partial charge is 0.474 e. The molecule has 0 amide bonds. The average molecular weight is 482 g/mol. The number of esters is 1. The summed E-state index contributed by atoms with van der Waals surface area (Å²) < 4.78 is 38.7. The van der Waals surface area contributed by atoms with Gasteiger partial charge in [-0.2, -0.15) is 0 Å². The zero-order valence-electron chi connectivity index (χ0n) is 18.2. The molecule has 0 fully saturated rings. The van der Waals surface area contributed by atoms with Crippen molar-refractivity contribution in [3.8, 4) is 11.5 Å². The second kappa shape index (κ2) is 13.3. The Kier molecular flexibility index (Phi) is 10.8. The van der Waals surface area contributed by atoms with E-state index in [1.807, 2.05) is 0 Å². The molecule has 8 nitrogen and oxygen atoms in total. The number of carbonyl (C=O) groups excluding carboxylic acids is 1. The normalized spacial score (nSPS) is 11.2. The first-order chi connectivity index (χ1) is 15.4. The van der Waals surface area contributed by atoms with Crippen LogP contribution in [-0.2, 0) is 18.1 Å². The van der Waals surface area contributed by atoms with Gasteiger partial charge in [-0.25, -0.2) is 9.36 Å². The molecule has 2 N–H and O–H groups in total. The van der Waals surface area contributed by atoms with E-state index in [0.29, 0.717) is 42.1 Å². The van der Waals surface area contributed by atoms with Gasteiger partial charge >= 0.3 is 13.8 Å². The molecule has 0 aromatic heterocycles. The molecule has 0 bridgehead atoms. The summed E-state index contributed by atoms with van der Waals surface area (Å²) in [7, 11) is -3.49. The van der Waals surface area contributed by atoms with Crippen LogP contribution >= 0.6 is 20.0 Å². The van der Waals surface area contributed by atoms with Gasteiger partial charge in [0.1, 0.15) is 16.5 Å². The van der Waals surface area contributed by atoms with Gasteiger partial charge in [-0.05, 0) is 69.2 Å². The quantitative estimate of drug-likeness (QED) is 0.133. The minimum absolute atomic E-state index is 0.223. The fourth-order valence-electron chi connectivity index (χ4n) is 2.56. The molecule has 32 heavy (non-hydrogen) atoms. The second-order valence-electron chi connectivity index (χ2n) is 6.48. The highest BCUT2D eigenvalue weighted by Crippen LogP contribution is 2.49. The van der Waals surface area contributed by atoms with Gasteiger partial charge < -0.3 is 15.2 Å². The molecule has 2 aromatic rings. The molecule has 0 aliphatic rings. The van der Waals surface area contributed by atoms with Gasteiger partial charge in [-0.1, -0.05) is 18.3 Å². The Labute approximate surface area is 193 Å². The number of nitrogens with two attached hydrogens (primary N) is 1. The van der Waals surface area contributed by atoms with Gasteiger partial charge in [0.05, 0.1) is 32.0 Å². The number of thiocarbonyl (C=S) groups is 1. The third-order valence-electron chi connectivity index (χ3n) is 4.05. The summed E-state index contributed by atoms with van der Waals surface area (Å²) in [6.07, 6.45) is 1.26. The van der Waals surface area contributed by atoms with Crippen LogP contribution < -0.4 is 15.2 Å². The molecule has 0 aliphatic carbocycles. The summed E-state index contributed by atoms with van der Waals surface area (Å²) in [5, 5.41) is 0. The molecular formula is C22H28NO7PS. The zero-order valence-corrected chi connectivity index (χ0v) is 19.9. The van der Waals surface area contributed by atoms with E-state index in [2.05, 4.69) is 0 Å². The van der Waals surface area contributed by atoms with E-state index in [4.69, 9.17) is 41.0 Å². The number of unbranched alkanes of at least 4 members (excludes halogenated alkanes) is 1. The van der Waals surface area contributed by atoms with Crippen molar-refractivity contribution in [1.82, 2.24) is 0 Å². The van der Waals surface area contributed by atoms with E-state index >= 15 is 0 Å². The first-order valence-electron chi connectivity index (χ1n) is 10.3. The van der Waals surface area contributed by atoms with Crippen molar-refractivity contribution < 1.29 is 32.4 Å². The minimum Gasteiger partial charge on any atom is -0.494 e. The molecule has 0 unspecified atom stereocenters. The lowest BCUT2D eigenvalue weighted by molar-refractivity contribution is 0.0734. The first-order valence-corrected chi connectivity index (χ1v) is 12.1. The summed E-state index contributed by atoms with van der Waals surface area (Å²) in [6.45, 7) is 4.55. The van der Waals surface area contributed by atoms with Gasteiger partial charge in [0.15, 0.2) is 0 Å². The van der Waals surface area contributed by atoms with E-state index in [-0.39, 0.29) is 24.8 Å². The fraction of sp³-hybridized carbons (Fsp3) is 0.364. The largest absolute Gasteiger partial charge is 0.494 e. The predicted molar refractivity (Wildman–Crippen MR) is 125 cm³/mol. The summed E-state index contributed by atoms with van der Waals surface area (Å²) >= 11 is 4.91.